The van der Waals surface area contributed by atoms with E-state index in [9.17, 15) is 13.6 Å². The predicted molar refractivity (Wildman–Crippen MR) is 90.1 cm³/mol. The smallest absolute Gasteiger partial charge is 0.254 e. The number of benzene rings is 1. The van der Waals surface area contributed by atoms with Gasteiger partial charge in [0, 0.05) is 37.6 Å². The lowest BCUT2D eigenvalue weighted by atomic mass is 10.1. The third-order valence-electron chi connectivity index (χ3n) is 4.38. The lowest BCUT2D eigenvalue weighted by Crippen LogP contribution is -2.35. The van der Waals surface area contributed by atoms with Crippen LogP contribution < -0.4 is 5.56 Å². The maximum absolute atomic E-state index is 13.4. The van der Waals surface area contributed by atoms with Gasteiger partial charge in [0.25, 0.3) is 5.56 Å². The van der Waals surface area contributed by atoms with E-state index in [1.54, 1.807) is 18.5 Å². The number of halogens is 2. The maximum atomic E-state index is 13.4. The fraction of sp³-hybridized carbons (Fsp3) is 0.222. The second-order valence-electron chi connectivity index (χ2n) is 6.18. The normalized spacial score (nSPS) is 14.2. The SMILES string of the molecule is O=c1[nH]c(-c2cncnc2)nc2c1CCN(Cc1ccc(F)c(F)c1)C2. The van der Waals surface area contributed by atoms with Crippen LogP contribution in [0.3, 0.4) is 0 Å². The molecule has 4 rings (SSSR count). The number of aromatic nitrogens is 4. The Morgan fingerprint density at radius 1 is 1.15 bits per heavy atom. The Hall–Kier alpha value is -3.00. The molecule has 0 saturated carbocycles. The zero-order valence-corrected chi connectivity index (χ0v) is 13.7. The Kier molecular flexibility index (Phi) is 4.26. The van der Waals surface area contributed by atoms with Crippen molar-refractivity contribution in [1.29, 1.82) is 0 Å². The molecule has 3 aromatic rings. The van der Waals surface area contributed by atoms with Gasteiger partial charge in [-0.3, -0.25) is 9.69 Å². The molecule has 0 amide bonds. The molecule has 6 nitrogen and oxygen atoms in total. The van der Waals surface area contributed by atoms with Crippen LogP contribution in [-0.2, 0) is 19.5 Å². The molecule has 0 spiro atoms. The number of nitrogens with one attached hydrogen (secondary N) is 1. The summed E-state index contributed by atoms with van der Waals surface area (Å²) in [5.74, 6) is -1.30. The molecule has 0 aliphatic carbocycles. The Morgan fingerprint density at radius 2 is 1.96 bits per heavy atom. The highest BCUT2D eigenvalue weighted by Crippen LogP contribution is 2.20. The van der Waals surface area contributed by atoms with Crippen LogP contribution in [0.1, 0.15) is 16.8 Å². The Morgan fingerprint density at radius 3 is 2.73 bits per heavy atom. The highest BCUT2D eigenvalue weighted by Gasteiger charge is 2.22. The summed E-state index contributed by atoms with van der Waals surface area (Å²) >= 11 is 0. The van der Waals surface area contributed by atoms with E-state index in [4.69, 9.17) is 0 Å². The van der Waals surface area contributed by atoms with Gasteiger partial charge in [0.05, 0.1) is 11.3 Å². The van der Waals surface area contributed by atoms with Crippen molar-refractivity contribution in [3.05, 3.63) is 75.7 Å². The molecule has 1 N–H and O–H groups in total. The van der Waals surface area contributed by atoms with E-state index in [0.717, 1.165) is 6.07 Å². The standard InChI is InChI=1S/C18H15F2N5O/c19-14-2-1-11(5-15(14)20)8-25-4-3-13-16(9-25)23-17(24-18(13)26)12-6-21-10-22-7-12/h1-2,5-7,10H,3-4,8-9H2,(H,23,24,26). The highest BCUT2D eigenvalue weighted by molar-refractivity contribution is 5.52. The molecule has 0 saturated heterocycles. The van der Waals surface area contributed by atoms with Crippen molar-refractivity contribution in [2.24, 2.45) is 0 Å². The van der Waals surface area contributed by atoms with Gasteiger partial charge in [0.2, 0.25) is 0 Å². The first-order valence-corrected chi connectivity index (χ1v) is 8.14. The van der Waals surface area contributed by atoms with Gasteiger partial charge in [0.15, 0.2) is 11.6 Å². The minimum Gasteiger partial charge on any atom is -0.306 e. The van der Waals surface area contributed by atoms with Crippen LogP contribution in [0.4, 0.5) is 8.78 Å². The van der Waals surface area contributed by atoms with E-state index >= 15 is 0 Å². The van der Waals surface area contributed by atoms with Crippen LogP contribution in [0, 0.1) is 11.6 Å². The van der Waals surface area contributed by atoms with Gasteiger partial charge in [-0.15, -0.1) is 0 Å². The average molecular weight is 355 g/mol. The number of H-pyrrole nitrogens is 1. The van der Waals surface area contributed by atoms with Crippen molar-refractivity contribution in [1.82, 2.24) is 24.8 Å². The minimum atomic E-state index is -0.860. The van der Waals surface area contributed by atoms with E-state index in [0.29, 0.717) is 54.3 Å². The molecule has 3 heterocycles. The summed E-state index contributed by atoms with van der Waals surface area (Å²) in [7, 11) is 0. The van der Waals surface area contributed by atoms with Crippen molar-refractivity contribution in [2.75, 3.05) is 6.54 Å². The molecule has 0 radical (unpaired) electrons. The lowest BCUT2D eigenvalue weighted by Gasteiger charge is -2.27. The molecular weight excluding hydrogens is 340 g/mol. The predicted octanol–water partition coefficient (Wildman–Crippen LogP) is 2.06. The third-order valence-corrected chi connectivity index (χ3v) is 4.38. The van der Waals surface area contributed by atoms with Gasteiger partial charge in [-0.1, -0.05) is 6.07 Å². The fourth-order valence-corrected chi connectivity index (χ4v) is 3.08. The first kappa shape index (κ1) is 16.5. The van der Waals surface area contributed by atoms with Crippen molar-refractivity contribution in [2.45, 2.75) is 19.5 Å². The van der Waals surface area contributed by atoms with Crippen LogP contribution in [0.5, 0.6) is 0 Å². The number of hydrogen-bond donors (Lipinski definition) is 1. The number of nitrogens with zero attached hydrogens (tertiary/aromatic N) is 4. The van der Waals surface area contributed by atoms with Gasteiger partial charge in [-0.25, -0.2) is 23.7 Å². The summed E-state index contributed by atoms with van der Waals surface area (Å²) in [6.07, 6.45) is 5.12. The fourth-order valence-electron chi connectivity index (χ4n) is 3.08. The van der Waals surface area contributed by atoms with Crippen LogP contribution >= 0.6 is 0 Å². The molecule has 0 bridgehead atoms. The van der Waals surface area contributed by atoms with E-state index in [1.165, 1.54) is 12.4 Å². The molecule has 132 valence electrons. The largest absolute Gasteiger partial charge is 0.306 e. The summed E-state index contributed by atoms with van der Waals surface area (Å²) in [6, 6.07) is 3.88. The van der Waals surface area contributed by atoms with Gasteiger partial charge in [-0.2, -0.15) is 0 Å². The molecule has 1 aromatic carbocycles. The minimum absolute atomic E-state index is 0.165. The molecule has 1 aliphatic rings. The van der Waals surface area contributed by atoms with Gasteiger partial charge in [-0.05, 0) is 24.1 Å². The Bertz CT molecular complexity index is 1010. The Labute approximate surface area is 147 Å². The van der Waals surface area contributed by atoms with Gasteiger partial charge >= 0.3 is 0 Å². The van der Waals surface area contributed by atoms with Crippen molar-refractivity contribution in [3.8, 4) is 11.4 Å². The topological polar surface area (TPSA) is 74.8 Å². The molecule has 8 heteroatoms. The first-order valence-electron chi connectivity index (χ1n) is 8.14. The molecule has 0 fully saturated rings. The lowest BCUT2D eigenvalue weighted by molar-refractivity contribution is 0.240. The molecule has 1 aliphatic heterocycles. The zero-order valence-electron chi connectivity index (χ0n) is 13.7. The summed E-state index contributed by atoms with van der Waals surface area (Å²) in [4.78, 5) is 29.6. The average Bonchev–Trinajstić information content (AvgIpc) is 2.65. The van der Waals surface area contributed by atoms with Crippen molar-refractivity contribution in [3.63, 3.8) is 0 Å². The maximum Gasteiger partial charge on any atom is 0.254 e. The molecule has 2 aromatic heterocycles. The van der Waals surface area contributed by atoms with E-state index < -0.39 is 11.6 Å². The van der Waals surface area contributed by atoms with Crippen molar-refractivity contribution >= 4 is 0 Å². The number of aromatic amines is 1. The van der Waals surface area contributed by atoms with Gasteiger partial charge in [0.1, 0.15) is 12.2 Å². The summed E-state index contributed by atoms with van der Waals surface area (Å²) in [5.41, 5.74) is 2.48. The monoisotopic (exact) mass is 355 g/mol. The van der Waals surface area contributed by atoms with Crippen LogP contribution in [-0.4, -0.2) is 31.4 Å². The highest BCUT2D eigenvalue weighted by atomic mass is 19.2. The summed E-state index contributed by atoms with van der Waals surface area (Å²) in [5, 5.41) is 0. The summed E-state index contributed by atoms with van der Waals surface area (Å²) in [6.45, 7) is 1.55. The number of fused-ring (bicyclic) bond motifs is 1. The zero-order chi connectivity index (χ0) is 18.1. The van der Waals surface area contributed by atoms with Crippen LogP contribution in [0.2, 0.25) is 0 Å². The van der Waals surface area contributed by atoms with E-state index in [-0.39, 0.29) is 5.56 Å². The van der Waals surface area contributed by atoms with Crippen LogP contribution in [0.15, 0.2) is 41.7 Å². The third kappa shape index (κ3) is 3.23. The quantitative estimate of drug-likeness (QED) is 0.778. The van der Waals surface area contributed by atoms with Crippen molar-refractivity contribution < 1.29 is 8.78 Å². The molecular formula is C18H15F2N5O. The Balaban J connectivity index is 1.60. The molecule has 26 heavy (non-hydrogen) atoms. The van der Waals surface area contributed by atoms with Gasteiger partial charge < -0.3 is 4.98 Å². The molecule has 0 atom stereocenters. The number of hydrogen-bond acceptors (Lipinski definition) is 5. The van der Waals surface area contributed by atoms with Crippen LogP contribution in [0.25, 0.3) is 11.4 Å². The number of rotatable bonds is 3. The van der Waals surface area contributed by atoms with E-state index in [2.05, 4.69) is 19.9 Å². The molecule has 0 unspecified atom stereocenters. The van der Waals surface area contributed by atoms with E-state index in [1.807, 2.05) is 4.90 Å². The second kappa shape index (κ2) is 6.72. The summed E-state index contributed by atoms with van der Waals surface area (Å²) < 4.78 is 26.5. The first-order chi connectivity index (χ1) is 12.6. The second-order valence-corrected chi connectivity index (χ2v) is 6.18.